The molecule has 1 heterocycles. The molecule has 0 aliphatic rings. The molecule has 0 saturated carbocycles. The van der Waals surface area contributed by atoms with Gasteiger partial charge in [0.05, 0.1) is 11.0 Å². The highest BCUT2D eigenvalue weighted by Gasteiger charge is 2.07. The first kappa shape index (κ1) is 11.1. The van der Waals surface area contributed by atoms with Crippen LogP contribution >= 0.6 is 0 Å². The highest BCUT2D eigenvalue weighted by Crippen LogP contribution is 2.14. The third-order valence-electron chi connectivity index (χ3n) is 2.43. The maximum atomic E-state index is 11.6. The zero-order valence-electron chi connectivity index (χ0n) is 8.90. The number of nitrogens with one attached hydrogen (secondary N) is 1. The van der Waals surface area contributed by atoms with Crippen LogP contribution in [0.2, 0.25) is 0 Å². The van der Waals surface area contributed by atoms with Gasteiger partial charge < -0.3 is 10.7 Å². The zero-order valence-corrected chi connectivity index (χ0v) is 9.71. The van der Waals surface area contributed by atoms with Gasteiger partial charge in [0.15, 0.2) is 0 Å². The first-order valence-corrected chi connectivity index (χ1v) is 6.45. The van der Waals surface area contributed by atoms with Crippen molar-refractivity contribution >= 4 is 21.8 Å². The average Bonchev–Trinajstić information content (AvgIpc) is 2.55. The molecule has 2 rings (SSSR count). The van der Waals surface area contributed by atoms with Gasteiger partial charge in [-0.3, -0.25) is 8.78 Å². The Morgan fingerprint density at radius 3 is 2.88 bits per heavy atom. The van der Waals surface area contributed by atoms with E-state index in [2.05, 4.69) is 4.98 Å². The van der Waals surface area contributed by atoms with Crippen LogP contribution in [-0.2, 0) is 17.3 Å². The molecule has 0 saturated heterocycles. The van der Waals surface area contributed by atoms with E-state index in [9.17, 15) is 9.00 Å². The summed E-state index contributed by atoms with van der Waals surface area (Å²) in [7, 11) is -1.05. The highest BCUT2D eigenvalue weighted by molar-refractivity contribution is 7.84. The van der Waals surface area contributed by atoms with E-state index in [1.807, 2.05) is 0 Å². The number of rotatable bonds is 3. The van der Waals surface area contributed by atoms with Gasteiger partial charge in [0.1, 0.15) is 0 Å². The predicted molar refractivity (Wildman–Crippen MR) is 63.9 cm³/mol. The number of benzene rings is 1. The van der Waals surface area contributed by atoms with Crippen LogP contribution in [0, 0.1) is 0 Å². The number of nitrogens with zero attached hydrogens (tertiary/aromatic N) is 1. The van der Waals surface area contributed by atoms with E-state index in [0.29, 0.717) is 18.0 Å². The van der Waals surface area contributed by atoms with E-state index < -0.39 is 10.8 Å². The quantitative estimate of drug-likeness (QED) is 0.792. The highest BCUT2D eigenvalue weighted by atomic mass is 32.2. The number of H-pyrrole nitrogens is 1. The zero-order chi connectivity index (χ0) is 11.7. The summed E-state index contributed by atoms with van der Waals surface area (Å²) in [6.07, 6.45) is 1.61. The minimum atomic E-state index is -1.05. The van der Waals surface area contributed by atoms with Gasteiger partial charge in [-0.25, -0.2) is 4.79 Å². The molecule has 86 valence electrons. The fraction of sp³-hybridized carbons (Fsp3) is 0.300. The number of aromatic nitrogens is 2. The molecule has 2 aromatic rings. The van der Waals surface area contributed by atoms with Gasteiger partial charge in [0.2, 0.25) is 0 Å². The summed E-state index contributed by atoms with van der Waals surface area (Å²) < 4.78 is 12.9. The summed E-state index contributed by atoms with van der Waals surface area (Å²) in [5, 5.41) is 0. The maximum absolute atomic E-state index is 11.6. The lowest BCUT2D eigenvalue weighted by Crippen LogP contribution is -2.21. The molecule has 0 spiro atoms. The monoisotopic (exact) mass is 239 g/mol. The molecule has 5 nitrogen and oxygen atoms in total. The van der Waals surface area contributed by atoms with Crippen LogP contribution in [0.4, 0.5) is 0 Å². The topological polar surface area (TPSA) is 80.9 Å². The summed E-state index contributed by atoms with van der Waals surface area (Å²) >= 11 is 0. The smallest absolute Gasteiger partial charge is 0.326 e. The van der Waals surface area contributed by atoms with Gasteiger partial charge in [0.25, 0.3) is 0 Å². The fourth-order valence-electron chi connectivity index (χ4n) is 1.66. The summed E-state index contributed by atoms with van der Waals surface area (Å²) in [4.78, 5) is 15.0. The van der Waals surface area contributed by atoms with Crippen molar-refractivity contribution in [2.75, 3.05) is 12.8 Å². The Kier molecular flexibility index (Phi) is 2.93. The average molecular weight is 239 g/mol. The number of imidazole rings is 1. The largest absolute Gasteiger partial charge is 0.329 e. The third-order valence-corrected chi connectivity index (χ3v) is 3.35. The molecule has 16 heavy (non-hydrogen) atoms. The molecule has 1 atom stereocenters. The van der Waals surface area contributed by atoms with Gasteiger partial charge in [-0.15, -0.1) is 0 Å². The van der Waals surface area contributed by atoms with Gasteiger partial charge in [-0.2, -0.15) is 0 Å². The van der Waals surface area contributed by atoms with Crippen molar-refractivity contribution in [3.63, 3.8) is 0 Å². The van der Waals surface area contributed by atoms with Crippen molar-refractivity contribution in [2.24, 2.45) is 5.73 Å². The normalized spacial score (nSPS) is 13.1. The van der Waals surface area contributed by atoms with Crippen LogP contribution in [0.1, 0.15) is 0 Å². The van der Waals surface area contributed by atoms with Crippen LogP contribution in [0.5, 0.6) is 0 Å². The minimum Gasteiger partial charge on any atom is -0.329 e. The third kappa shape index (κ3) is 1.81. The van der Waals surface area contributed by atoms with Crippen LogP contribution in [0.15, 0.2) is 27.9 Å². The van der Waals surface area contributed by atoms with Crippen LogP contribution < -0.4 is 11.4 Å². The van der Waals surface area contributed by atoms with Crippen molar-refractivity contribution < 1.29 is 4.21 Å². The Balaban J connectivity index is 2.69. The molecule has 0 aliphatic heterocycles. The van der Waals surface area contributed by atoms with Gasteiger partial charge in [-0.1, -0.05) is 0 Å². The van der Waals surface area contributed by atoms with Crippen molar-refractivity contribution in [1.29, 1.82) is 0 Å². The summed E-state index contributed by atoms with van der Waals surface area (Å²) in [6, 6.07) is 5.28. The lowest BCUT2D eigenvalue weighted by Gasteiger charge is -2.01. The van der Waals surface area contributed by atoms with E-state index in [1.54, 1.807) is 29.0 Å². The van der Waals surface area contributed by atoms with E-state index in [-0.39, 0.29) is 5.69 Å². The number of aromatic amines is 1. The molecule has 0 aliphatic carbocycles. The van der Waals surface area contributed by atoms with Crippen LogP contribution in [-0.4, -0.2) is 26.6 Å². The number of fused-ring (bicyclic) bond motifs is 1. The van der Waals surface area contributed by atoms with E-state index in [1.165, 1.54) is 0 Å². The Hall–Kier alpha value is -1.40. The summed E-state index contributed by atoms with van der Waals surface area (Å²) in [5.41, 5.74) is 6.76. The SMILES string of the molecule is CS(=O)c1ccc2[nH]c(=O)n(CCN)c2c1. The maximum Gasteiger partial charge on any atom is 0.326 e. The van der Waals surface area contributed by atoms with Crippen molar-refractivity contribution in [3.05, 3.63) is 28.7 Å². The Labute approximate surface area is 94.7 Å². The standard InChI is InChI=1S/C10H13N3O2S/c1-16(15)7-2-3-8-9(6-7)13(5-4-11)10(14)12-8/h2-3,6H,4-5,11H2,1H3,(H,12,14). The van der Waals surface area contributed by atoms with Gasteiger partial charge >= 0.3 is 5.69 Å². The first-order valence-electron chi connectivity index (χ1n) is 4.89. The molecule has 3 N–H and O–H groups in total. The molecule has 1 unspecified atom stereocenters. The minimum absolute atomic E-state index is 0.181. The second kappa shape index (κ2) is 4.23. The van der Waals surface area contributed by atoms with Crippen molar-refractivity contribution in [1.82, 2.24) is 9.55 Å². The fourth-order valence-corrected chi connectivity index (χ4v) is 2.20. The number of hydrogen-bond donors (Lipinski definition) is 2. The molecule has 0 bridgehead atoms. The second-order valence-corrected chi connectivity index (χ2v) is 4.88. The predicted octanol–water partition coefficient (Wildman–Crippen LogP) is 0.0257. The Bertz CT molecular complexity index is 600. The van der Waals surface area contributed by atoms with Crippen LogP contribution in [0.3, 0.4) is 0 Å². The molecule has 0 radical (unpaired) electrons. The van der Waals surface area contributed by atoms with Gasteiger partial charge in [-0.05, 0) is 18.2 Å². The first-order chi connectivity index (χ1) is 7.63. The second-order valence-electron chi connectivity index (χ2n) is 3.50. The molecule has 1 aromatic heterocycles. The van der Waals surface area contributed by atoms with E-state index in [0.717, 1.165) is 11.0 Å². The molecule has 6 heteroatoms. The molecular weight excluding hydrogens is 226 g/mol. The lowest BCUT2D eigenvalue weighted by atomic mass is 10.3. The summed E-state index contributed by atoms with van der Waals surface area (Å²) in [6.45, 7) is 0.852. The van der Waals surface area contributed by atoms with Crippen molar-refractivity contribution in [3.8, 4) is 0 Å². The number of nitrogens with two attached hydrogens (primary N) is 1. The van der Waals surface area contributed by atoms with E-state index in [4.69, 9.17) is 5.73 Å². The van der Waals surface area contributed by atoms with Gasteiger partial charge in [0, 0.05) is 35.0 Å². The molecular formula is C10H13N3O2S. The Morgan fingerprint density at radius 1 is 1.50 bits per heavy atom. The number of hydrogen-bond acceptors (Lipinski definition) is 3. The summed E-state index contributed by atoms with van der Waals surface area (Å²) in [5.74, 6) is 0. The molecule has 0 amide bonds. The van der Waals surface area contributed by atoms with E-state index >= 15 is 0 Å². The van der Waals surface area contributed by atoms with Crippen molar-refractivity contribution in [2.45, 2.75) is 11.4 Å². The Morgan fingerprint density at radius 2 is 2.25 bits per heavy atom. The molecule has 0 fully saturated rings. The lowest BCUT2D eigenvalue weighted by molar-refractivity contribution is 0.686. The molecule has 1 aromatic carbocycles. The van der Waals surface area contributed by atoms with Crippen LogP contribution in [0.25, 0.3) is 11.0 Å².